The lowest BCUT2D eigenvalue weighted by molar-refractivity contribution is -0.142. The summed E-state index contributed by atoms with van der Waals surface area (Å²) < 4.78 is 23.1. The molecule has 34 heavy (non-hydrogen) atoms. The molecule has 0 saturated carbocycles. The number of esters is 2. The maximum Gasteiger partial charge on any atom is 0.343 e. The highest BCUT2D eigenvalue weighted by molar-refractivity contribution is 9.10. The Hall–Kier alpha value is -2.91. The van der Waals surface area contributed by atoms with E-state index < -0.39 is 5.97 Å². The summed E-state index contributed by atoms with van der Waals surface area (Å²) in [5.74, 6) is -0.786. The van der Waals surface area contributed by atoms with Crippen molar-refractivity contribution in [2.45, 2.75) is 32.2 Å². The van der Waals surface area contributed by atoms with Crippen LogP contribution in [0.4, 0.5) is 0 Å². The number of ketones is 1. The van der Waals surface area contributed by atoms with E-state index in [0.29, 0.717) is 23.3 Å². The molecule has 1 aliphatic rings. The van der Waals surface area contributed by atoms with Crippen LogP contribution in [-0.4, -0.2) is 63.1 Å². The number of hydrogen-bond acceptors (Lipinski definition) is 8. The largest absolute Gasteiger partial charge is 0.496 e. The number of halogens is 1. The average molecular weight is 534 g/mol. The Labute approximate surface area is 207 Å². The van der Waals surface area contributed by atoms with Crippen LogP contribution in [-0.2, 0) is 9.53 Å². The summed E-state index contributed by atoms with van der Waals surface area (Å²) in [6.45, 7) is 3.62. The molecule has 1 saturated heterocycles. The van der Waals surface area contributed by atoms with Crippen molar-refractivity contribution in [2.75, 3.05) is 34.4 Å². The Morgan fingerprint density at radius 3 is 2.38 bits per heavy atom. The Balaban J connectivity index is 2.19. The zero-order chi connectivity index (χ0) is 25.0. The number of carbonyl (C=O) groups is 3. The van der Waals surface area contributed by atoms with Gasteiger partial charge in [-0.2, -0.15) is 0 Å². The number of methoxy groups -OCH3 is 2. The van der Waals surface area contributed by atoms with Crippen LogP contribution in [0.5, 0.6) is 17.2 Å². The molecule has 3 rings (SSSR count). The van der Waals surface area contributed by atoms with E-state index in [1.807, 2.05) is 7.05 Å². The number of Topliss-reactive ketones (excluding diaryl/α,β-unsaturated/α-hetero) is 1. The molecule has 9 heteroatoms. The van der Waals surface area contributed by atoms with Crippen molar-refractivity contribution in [1.29, 1.82) is 0 Å². The summed E-state index contributed by atoms with van der Waals surface area (Å²) in [5, 5.41) is 0. The SMILES string of the molecule is COc1cc(OC)c([C@@H]2CCN(C)[C@H]2COC(C)=O)c(OC(=O)c2cccc(Br)c2)c1C(C)=O. The number of rotatable bonds is 8. The summed E-state index contributed by atoms with van der Waals surface area (Å²) in [7, 11) is 4.88. The molecule has 1 heterocycles. The van der Waals surface area contributed by atoms with Crippen LogP contribution < -0.4 is 14.2 Å². The van der Waals surface area contributed by atoms with Crippen LogP contribution in [0.1, 0.15) is 52.5 Å². The normalized spacial score (nSPS) is 17.8. The molecule has 2 aromatic rings. The van der Waals surface area contributed by atoms with Crippen molar-refractivity contribution < 1.29 is 33.3 Å². The topological polar surface area (TPSA) is 91.4 Å². The molecule has 0 bridgehead atoms. The fourth-order valence-corrected chi connectivity index (χ4v) is 4.71. The molecule has 0 amide bonds. The van der Waals surface area contributed by atoms with Crippen molar-refractivity contribution in [3.63, 3.8) is 0 Å². The van der Waals surface area contributed by atoms with Gasteiger partial charge in [0.15, 0.2) is 11.5 Å². The Morgan fingerprint density at radius 1 is 1.09 bits per heavy atom. The summed E-state index contributed by atoms with van der Waals surface area (Å²) in [6, 6.07) is 8.22. The van der Waals surface area contributed by atoms with E-state index in [-0.39, 0.29) is 47.4 Å². The first-order valence-corrected chi connectivity index (χ1v) is 11.6. The first-order valence-electron chi connectivity index (χ1n) is 10.8. The van der Waals surface area contributed by atoms with E-state index in [1.54, 1.807) is 30.3 Å². The standard InChI is InChI=1S/C25H28BrNO7/c1-14(28)22-20(31-4)12-21(32-5)23(18-9-10-27(3)19(18)13-33-15(2)29)24(22)34-25(30)16-7-6-8-17(26)11-16/h6-8,11-12,18-19H,9-10,13H2,1-5H3/t18-,19+/m1/s1. The number of likely N-dealkylation sites (N-methyl/N-ethyl adjacent to an activating group) is 1. The molecular weight excluding hydrogens is 506 g/mol. The third-order valence-corrected chi connectivity index (χ3v) is 6.44. The number of carbonyl (C=O) groups excluding carboxylic acids is 3. The quantitative estimate of drug-likeness (QED) is 0.282. The molecule has 0 spiro atoms. The van der Waals surface area contributed by atoms with Crippen molar-refractivity contribution in [2.24, 2.45) is 0 Å². The maximum atomic E-state index is 13.2. The minimum absolute atomic E-state index is 0.0989. The van der Waals surface area contributed by atoms with Gasteiger partial charge >= 0.3 is 11.9 Å². The number of nitrogens with zero attached hydrogens (tertiary/aromatic N) is 1. The van der Waals surface area contributed by atoms with Gasteiger partial charge in [-0.25, -0.2) is 4.79 Å². The van der Waals surface area contributed by atoms with Crippen LogP contribution in [0.2, 0.25) is 0 Å². The van der Waals surface area contributed by atoms with Crippen LogP contribution in [0.3, 0.4) is 0 Å². The second-order valence-electron chi connectivity index (χ2n) is 8.10. The average Bonchev–Trinajstić information content (AvgIpc) is 3.16. The van der Waals surface area contributed by atoms with Gasteiger partial charge in [0.25, 0.3) is 0 Å². The minimum Gasteiger partial charge on any atom is -0.496 e. The minimum atomic E-state index is -0.622. The highest BCUT2D eigenvalue weighted by Crippen LogP contribution is 2.48. The van der Waals surface area contributed by atoms with E-state index in [0.717, 1.165) is 11.0 Å². The molecule has 1 fully saturated rings. The van der Waals surface area contributed by atoms with Gasteiger partial charge in [0.1, 0.15) is 23.7 Å². The van der Waals surface area contributed by atoms with Gasteiger partial charge in [0.05, 0.1) is 25.8 Å². The monoisotopic (exact) mass is 533 g/mol. The molecule has 0 aliphatic carbocycles. The Kier molecular flexibility index (Phi) is 8.33. The maximum absolute atomic E-state index is 13.2. The molecule has 1 aliphatic heterocycles. The number of likely N-dealkylation sites (tertiary alicyclic amines) is 1. The van der Waals surface area contributed by atoms with Crippen LogP contribution in [0.15, 0.2) is 34.8 Å². The first kappa shape index (κ1) is 25.7. The smallest absolute Gasteiger partial charge is 0.343 e. The van der Waals surface area contributed by atoms with E-state index in [2.05, 4.69) is 20.8 Å². The van der Waals surface area contributed by atoms with E-state index in [9.17, 15) is 14.4 Å². The van der Waals surface area contributed by atoms with Gasteiger partial charge in [-0.15, -0.1) is 0 Å². The van der Waals surface area contributed by atoms with Crippen LogP contribution >= 0.6 is 15.9 Å². The second kappa shape index (κ2) is 11.0. The van der Waals surface area contributed by atoms with E-state index in [4.69, 9.17) is 18.9 Å². The summed E-state index contributed by atoms with van der Waals surface area (Å²) >= 11 is 3.36. The molecule has 0 N–H and O–H groups in total. The first-order chi connectivity index (χ1) is 16.2. The van der Waals surface area contributed by atoms with Gasteiger partial charge in [-0.1, -0.05) is 22.0 Å². The summed E-state index contributed by atoms with van der Waals surface area (Å²) in [5.41, 5.74) is 1.04. The molecule has 0 radical (unpaired) electrons. The predicted molar refractivity (Wildman–Crippen MR) is 129 cm³/mol. The zero-order valence-electron chi connectivity index (χ0n) is 19.8. The number of ether oxygens (including phenoxy) is 4. The third kappa shape index (κ3) is 5.42. The highest BCUT2D eigenvalue weighted by Gasteiger charge is 2.40. The molecule has 8 nitrogen and oxygen atoms in total. The van der Waals surface area contributed by atoms with Crippen molar-refractivity contribution in [1.82, 2.24) is 4.90 Å². The lowest BCUT2D eigenvalue weighted by Gasteiger charge is -2.28. The number of hydrogen-bond donors (Lipinski definition) is 0. The van der Waals surface area contributed by atoms with Gasteiger partial charge in [-0.3, -0.25) is 14.5 Å². The Bertz CT molecular complexity index is 1100. The van der Waals surface area contributed by atoms with Crippen molar-refractivity contribution in [3.05, 3.63) is 51.5 Å². The number of benzene rings is 2. The fourth-order valence-electron chi connectivity index (χ4n) is 4.31. The highest BCUT2D eigenvalue weighted by atomic mass is 79.9. The molecule has 182 valence electrons. The van der Waals surface area contributed by atoms with Gasteiger partial charge < -0.3 is 18.9 Å². The van der Waals surface area contributed by atoms with Gasteiger partial charge in [0, 0.05) is 28.9 Å². The zero-order valence-corrected chi connectivity index (χ0v) is 21.4. The van der Waals surface area contributed by atoms with Gasteiger partial charge in [-0.05, 0) is 45.1 Å². The van der Waals surface area contributed by atoms with E-state index in [1.165, 1.54) is 28.1 Å². The van der Waals surface area contributed by atoms with Crippen LogP contribution in [0, 0.1) is 0 Å². The van der Waals surface area contributed by atoms with E-state index >= 15 is 0 Å². The van der Waals surface area contributed by atoms with Gasteiger partial charge in [0.2, 0.25) is 0 Å². The summed E-state index contributed by atoms with van der Waals surface area (Å²) in [4.78, 5) is 39.5. The molecular formula is C25H28BrNO7. The summed E-state index contributed by atoms with van der Waals surface area (Å²) in [6.07, 6.45) is 0.684. The predicted octanol–water partition coefficient (Wildman–Crippen LogP) is 4.24. The van der Waals surface area contributed by atoms with Crippen LogP contribution in [0.25, 0.3) is 0 Å². The lowest BCUT2D eigenvalue weighted by Crippen LogP contribution is -2.34. The van der Waals surface area contributed by atoms with Crippen molar-refractivity contribution >= 4 is 33.7 Å². The second-order valence-corrected chi connectivity index (χ2v) is 9.02. The third-order valence-electron chi connectivity index (χ3n) is 5.94. The molecule has 2 aromatic carbocycles. The molecule has 0 unspecified atom stereocenters. The van der Waals surface area contributed by atoms with Crippen molar-refractivity contribution in [3.8, 4) is 17.2 Å². The Morgan fingerprint density at radius 2 is 1.79 bits per heavy atom. The lowest BCUT2D eigenvalue weighted by atomic mass is 9.87. The fraction of sp³-hybridized carbons (Fsp3) is 0.400. The molecule has 2 atom stereocenters. The molecule has 0 aromatic heterocycles.